The highest BCUT2D eigenvalue weighted by molar-refractivity contribution is 5.09. The van der Waals surface area contributed by atoms with Gasteiger partial charge in [-0.15, -0.1) is 0 Å². The van der Waals surface area contributed by atoms with Crippen LogP contribution >= 0.6 is 0 Å². The van der Waals surface area contributed by atoms with E-state index in [0.717, 1.165) is 5.92 Å². The summed E-state index contributed by atoms with van der Waals surface area (Å²) in [6.07, 6.45) is 5.31. The third-order valence-electron chi connectivity index (χ3n) is 2.12. The van der Waals surface area contributed by atoms with Crippen molar-refractivity contribution in [2.24, 2.45) is 13.0 Å². The number of nitrogens with zero attached hydrogens (tertiary/aromatic N) is 2. The fraction of sp³-hybridized carbons (Fsp3) is 0.700. The molecule has 0 fully saturated rings. The summed E-state index contributed by atoms with van der Waals surface area (Å²) in [6.45, 7) is 6.77. The topological polar surface area (TPSA) is 17.8 Å². The largest absolute Gasteiger partial charge is 0.276 e. The maximum Gasteiger partial charge on any atom is 0.0524 e. The van der Waals surface area contributed by atoms with Gasteiger partial charge in [0.1, 0.15) is 0 Å². The van der Waals surface area contributed by atoms with Crippen LogP contribution in [-0.2, 0) is 7.05 Å². The standard InChI is InChI=1S/C10H18N2/c1-8(2)5-9(3)10-6-11-12(4)7-10/h6-9H,5H2,1-4H3. The molecule has 0 aliphatic heterocycles. The van der Waals surface area contributed by atoms with Crippen molar-refractivity contribution in [1.82, 2.24) is 9.78 Å². The predicted molar refractivity (Wildman–Crippen MR) is 51.1 cm³/mol. The third-order valence-corrected chi connectivity index (χ3v) is 2.12. The van der Waals surface area contributed by atoms with E-state index in [1.807, 2.05) is 17.9 Å². The number of hydrogen-bond acceptors (Lipinski definition) is 1. The first-order chi connectivity index (χ1) is 5.59. The summed E-state index contributed by atoms with van der Waals surface area (Å²) >= 11 is 0. The molecule has 0 aliphatic carbocycles. The zero-order chi connectivity index (χ0) is 9.14. The first kappa shape index (κ1) is 9.30. The van der Waals surface area contributed by atoms with E-state index in [1.165, 1.54) is 12.0 Å². The maximum atomic E-state index is 4.16. The molecule has 1 aromatic rings. The Morgan fingerprint density at radius 3 is 2.50 bits per heavy atom. The summed E-state index contributed by atoms with van der Waals surface area (Å²) in [7, 11) is 1.96. The monoisotopic (exact) mass is 166 g/mol. The second-order valence-corrected chi connectivity index (χ2v) is 3.98. The van der Waals surface area contributed by atoms with Crippen LogP contribution in [0.1, 0.15) is 38.7 Å². The number of rotatable bonds is 3. The highest BCUT2D eigenvalue weighted by Crippen LogP contribution is 2.21. The molecule has 1 heterocycles. The molecular formula is C10H18N2. The molecule has 1 unspecified atom stereocenters. The zero-order valence-corrected chi connectivity index (χ0v) is 8.41. The SMILES string of the molecule is CC(C)CC(C)c1cnn(C)c1. The molecule has 0 saturated carbocycles. The van der Waals surface area contributed by atoms with Gasteiger partial charge in [-0.25, -0.2) is 0 Å². The molecule has 0 saturated heterocycles. The van der Waals surface area contributed by atoms with Gasteiger partial charge in [-0.3, -0.25) is 4.68 Å². The third kappa shape index (κ3) is 2.36. The van der Waals surface area contributed by atoms with Gasteiger partial charge in [0.05, 0.1) is 6.20 Å². The number of aryl methyl sites for hydroxylation is 1. The molecule has 1 aromatic heterocycles. The minimum absolute atomic E-state index is 0.638. The molecule has 0 amide bonds. The molecule has 12 heavy (non-hydrogen) atoms. The first-order valence-electron chi connectivity index (χ1n) is 4.58. The van der Waals surface area contributed by atoms with Crippen molar-refractivity contribution in [3.63, 3.8) is 0 Å². The van der Waals surface area contributed by atoms with Gasteiger partial charge in [-0.05, 0) is 23.8 Å². The van der Waals surface area contributed by atoms with Crippen LogP contribution in [0.15, 0.2) is 12.4 Å². The van der Waals surface area contributed by atoms with Gasteiger partial charge in [0.25, 0.3) is 0 Å². The van der Waals surface area contributed by atoms with E-state index < -0.39 is 0 Å². The van der Waals surface area contributed by atoms with Gasteiger partial charge in [-0.2, -0.15) is 5.10 Å². The van der Waals surface area contributed by atoms with Crippen molar-refractivity contribution < 1.29 is 0 Å². The second kappa shape index (κ2) is 3.74. The van der Waals surface area contributed by atoms with Gasteiger partial charge in [-0.1, -0.05) is 20.8 Å². The number of aromatic nitrogens is 2. The van der Waals surface area contributed by atoms with Crippen molar-refractivity contribution in [2.45, 2.75) is 33.1 Å². The Bertz CT molecular complexity index is 238. The summed E-state index contributed by atoms with van der Waals surface area (Å²) in [5.74, 6) is 1.40. The predicted octanol–water partition coefficient (Wildman–Crippen LogP) is 2.57. The average Bonchev–Trinajstić information content (AvgIpc) is 2.34. The lowest BCUT2D eigenvalue weighted by atomic mass is 9.94. The molecule has 2 nitrogen and oxygen atoms in total. The first-order valence-corrected chi connectivity index (χ1v) is 4.58. The van der Waals surface area contributed by atoms with E-state index in [2.05, 4.69) is 32.1 Å². The van der Waals surface area contributed by atoms with Gasteiger partial charge in [0.15, 0.2) is 0 Å². The lowest BCUT2D eigenvalue weighted by molar-refractivity contribution is 0.523. The Morgan fingerprint density at radius 1 is 1.42 bits per heavy atom. The van der Waals surface area contributed by atoms with Crippen molar-refractivity contribution in [1.29, 1.82) is 0 Å². The summed E-state index contributed by atoms with van der Waals surface area (Å²) in [4.78, 5) is 0. The quantitative estimate of drug-likeness (QED) is 0.674. The maximum absolute atomic E-state index is 4.16. The van der Waals surface area contributed by atoms with Crippen LogP contribution in [0.3, 0.4) is 0 Å². The highest BCUT2D eigenvalue weighted by Gasteiger charge is 2.08. The molecule has 68 valence electrons. The van der Waals surface area contributed by atoms with Crippen molar-refractivity contribution >= 4 is 0 Å². The molecule has 0 aromatic carbocycles. The van der Waals surface area contributed by atoms with E-state index in [-0.39, 0.29) is 0 Å². The fourth-order valence-corrected chi connectivity index (χ4v) is 1.54. The molecule has 0 radical (unpaired) electrons. The Morgan fingerprint density at radius 2 is 2.08 bits per heavy atom. The minimum atomic E-state index is 0.638. The van der Waals surface area contributed by atoms with E-state index in [1.54, 1.807) is 0 Å². The molecule has 1 atom stereocenters. The Labute approximate surface area is 74.6 Å². The van der Waals surface area contributed by atoms with Crippen molar-refractivity contribution in [2.75, 3.05) is 0 Å². The average molecular weight is 166 g/mol. The number of hydrogen-bond donors (Lipinski definition) is 0. The zero-order valence-electron chi connectivity index (χ0n) is 8.41. The van der Waals surface area contributed by atoms with E-state index in [0.29, 0.717) is 5.92 Å². The fourth-order valence-electron chi connectivity index (χ4n) is 1.54. The van der Waals surface area contributed by atoms with E-state index >= 15 is 0 Å². The summed E-state index contributed by atoms with van der Waals surface area (Å²) < 4.78 is 1.87. The summed E-state index contributed by atoms with van der Waals surface area (Å²) in [5, 5.41) is 4.16. The summed E-state index contributed by atoms with van der Waals surface area (Å²) in [5.41, 5.74) is 1.35. The van der Waals surface area contributed by atoms with Crippen molar-refractivity contribution in [3.05, 3.63) is 18.0 Å². The second-order valence-electron chi connectivity index (χ2n) is 3.98. The highest BCUT2D eigenvalue weighted by atomic mass is 15.2. The van der Waals surface area contributed by atoms with Gasteiger partial charge in [0.2, 0.25) is 0 Å². The molecule has 0 bridgehead atoms. The lowest BCUT2D eigenvalue weighted by Gasteiger charge is -2.11. The Kier molecular flexibility index (Phi) is 2.90. The Balaban J connectivity index is 2.58. The normalized spacial score (nSPS) is 13.8. The smallest absolute Gasteiger partial charge is 0.0524 e. The van der Waals surface area contributed by atoms with Crippen LogP contribution < -0.4 is 0 Å². The van der Waals surface area contributed by atoms with Crippen LogP contribution in [0.2, 0.25) is 0 Å². The lowest BCUT2D eigenvalue weighted by Crippen LogP contribution is -1.97. The van der Waals surface area contributed by atoms with Crippen molar-refractivity contribution in [3.8, 4) is 0 Å². The van der Waals surface area contributed by atoms with E-state index in [4.69, 9.17) is 0 Å². The molecule has 0 spiro atoms. The molecule has 2 heteroatoms. The molecular weight excluding hydrogens is 148 g/mol. The van der Waals surface area contributed by atoms with Crippen LogP contribution in [0, 0.1) is 5.92 Å². The van der Waals surface area contributed by atoms with Crippen LogP contribution in [0.5, 0.6) is 0 Å². The van der Waals surface area contributed by atoms with Crippen LogP contribution in [0.4, 0.5) is 0 Å². The Hall–Kier alpha value is -0.790. The summed E-state index contributed by atoms with van der Waals surface area (Å²) in [6, 6.07) is 0. The van der Waals surface area contributed by atoms with E-state index in [9.17, 15) is 0 Å². The molecule has 0 N–H and O–H groups in total. The van der Waals surface area contributed by atoms with Gasteiger partial charge >= 0.3 is 0 Å². The van der Waals surface area contributed by atoms with Crippen LogP contribution in [-0.4, -0.2) is 9.78 Å². The van der Waals surface area contributed by atoms with Gasteiger partial charge < -0.3 is 0 Å². The van der Waals surface area contributed by atoms with Crippen LogP contribution in [0.25, 0.3) is 0 Å². The van der Waals surface area contributed by atoms with Gasteiger partial charge in [0, 0.05) is 13.2 Å². The molecule has 0 aliphatic rings. The molecule has 1 rings (SSSR count). The minimum Gasteiger partial charge on any atom is -0.276 e.